The zero-order chi connectivity index (χ0) is 17.1. The Balaban J connectivity index is 1.71. The van der Waals surface area contributed by atoms with Crippen molar-refractivity contribution < 1.29 is 4.79 Å². The van der Waals surface area contributed by atoms with Crippen LogP contribution < -0.4 is 5.32 Å². The topological polar surface area (TPSA) is 46.4 Å². The highest BCUT2D eigenvalue weighted by atomic mass is 35.5. The average Bonchev–Trinajstić information content (AvgIpc) is 3.12. The molecule has 0 aliphatic rings. The monoisotopic (exact) mass is 361 g/mol. The Morgan fingerprint density at radius 2 is 2.08 bits per heavy atom. The molecule has 1 aromatic carbocycles. The zero-order valence-electron chi connectivity index (χ0n) is 13.8. The number of aryl methyl sites for hydroxylation is 1. The molecule has 3 aromatic rings. The van der Waals surface area contributed by atoms with Gasteiger partial charge in [-0.3, -0.25) is 9.20 Å². The van der Waals surface area contributed by atoms with Crippen LogP contribution in [0.4, 0.5) is 0 Å². The molecular formula is C18H20ClN3OS. The fraction of sp³-hybridized carbons (Fsp3) is 0.333. The summed E-state index contributed by atoms with van der Waals surface area (Å²) in [5.41, 5.74) is 3.07. The van der Waals surface area contributed by atoms with Crippen molar-refractivity contribution in [2.24, 2.45) is 5.92 Å². The molecule has 2 aromatic heterocycles. The van der Waals surface area contributed by atoms with Crippen molar-refractivity contribution in [2.75, 3.05) is 6.54 Å². The van der Waals surface area contributed by atoms with E-state index in [-0.39, 0.29) is 5.91 Å². The SMILES string of the molecule is CC(C)CNC(=O)CCc1csc2nc(-c3ccc(Cl)cc3)cn12. The van der Waals surface area contributed by atoms with Gasteiger partial charge in [0.25, 0.3) is 0 Å². The van der Waals surface area contributed by atoms with Crippen LogP contribution in [-0.4, -0.2) is 21.8 Å². The maximum Gasteiger partial charge on any atom is 0.220 e. The largest absolute Gasteiger partial charge is 0.356 e. The molecular weight excluding hydrogens is 342 g/mol. The molecule has 2 heterocycles. The predicted molar refractivity (Wildman–Crippen MR) is 99.7 cm³/mol. The number of fused-ring (bicyclic) bond motifs is 1. The molecule has 0 saturated heterocycles. The lowest BCUT2D eigenvalue weighted by Crippen LogP contribution is -2.27. The standard InChI is InChI=1S/C18H20ClN3OS/c1-12(2)9-20-17(23)8-7-15-11-24-18-21-16(10-22(15)18)13-3-5-14(19)6-4-13/h3-6,10-12H,7-9H2,1-2H3,(H,20,23). The predicted octanol–water partition coefficient (Wildman–Crippen LogP) is 4.42. The lowest BCUT2D eigenvalue weighted by molar-refractivity contribution is -0.121. The van der Waals surface area contributed by atoms with Crippen molar-refractivity contribution in [1.29, 1.82) is 0 Å². The molecule has 4 nitrogen and oxygen atoms in total. The number of halogens is 1. The summed E-state index contributed by atoms with van der Waals surface area (Å²) < 4.78 is 2.07. The van der Waals surface area contributed by atoms with E-state index in [0.717, 1.165) is 28.5 Å². The number of carbonyl (C=O) groups excluding carboxylic acids is 1. The molecule has 0 spiro atoms. The van der Waals surface area contributed by atoms with Crippen molar-refractivity contribution >= 4 is 33.8 Å². The first-order valence-corrected chi connectivity index (χ1v) is 9.27. The summed E-state index contributed by atoms with van der Waals surface area (Å²) in [5.74, 6) is 0.568. The molecule has 6 heteroatoms. The van der Waals surface area contributed by atoms with Gasteiger partial charge >= 0.3 is 0 Å². The molecule has 126 valence electrons. The van der Waals surface area contributed by atoms with Crippen LogP contribution in [-0.2, 0) is 11.2 Å². The Kier molecular flexibility index (Phi) is 5.21. The van der Waals surface area contributed by atoms with Gasteiger partial charge in [-0.2, -0.15) is 0 Å². The number of imidazole rings is 1. The molecule has 0 atom stereocenters. The first kappa shape index (κ1) is 17.0. The third-order valence-corrected chi connectivity index (χ3v) is 4.88. The Hall–Kier alpha value is -1.85. The number of nitrogens with zero attached hydrogens (tertiary/aromatic N) is 2. The number of hydrogen-bond acceptors (Lipinski definition) is 3. The minimum Gasteiger partial charge on any atom is -0.356 e. The summed E-state index contributed by atoms with van der Waals surface area (Å²) in [6.45, 7) is 4.91. The van der Waals surface area contributed by atoms with E-state index in [9.17, 15) is 4.79 Å². The van der Waals surface area contributed by atoms with Crippen LogP contribution in [0.25, 0.3) is 16.2 Å². The highest BCUT2D eigenvalue weighted by Gasteiger charge is 2.11. The van der Waals surface area contributed by atoms with Crippen LogP contribution in [0.1, 0.15) is 26.0 Å². The number of hydrogen-bond donors (Lipinski definition) is 1. The van der Waals surface area contributed by atoms with E-state index in [1.54, 1.807) is 11.3 Å². The molecule has 0 saturated carbocycles. The Bertz CT molecular complexity index is 836. The Morgan fingerprint density at radius 3 is 2.79 bits per heavy atom. The van der Waals surface area contributed by atoms with E-state index in [2.05, 4.69) is 33.9 Å². The number of rotatable bonds is 6. The first-order valence-electron chi connectivity index (χ1n) is 8.01. The van der Waals surface area contributed by atoms with Gasteiger partial charge in [-0.05, 0) is 24.5 Å². The second-order valence-corrected chi connectivity index (χ2v) is 7.48. The summed E-state index contributed by atoms with van der Waals surface area (Å²) in [5, 5.41) is 5.74. The Labute approximate surface area is 150 Å². The third-order valence-electron chi connectivity index (χ3n) is 3.74. The van der Waals surface area contributed by atoms with Gasteiger partial charge < -0.3 is 5.32 Å². The van der Waals surface area contributed by atoms with Crippen LogP contribution >= 0.6 is 22.9 Å². The third kappa shape index (κ3) is 3.97. The van der Waals surface area contributed by atoms with E-state index in [1.165, 1.54) is 0 Å². The van der Waals surface area contributed by atoms with Gasteiger partial charge in [0, 0.05) is 40.8 Å². The normalized spacial score (nSPS) is 11.3. The molecule has 0 aliphatic carbocycles. The van der Waals surface area contributed by atoms with Crippen LogP contribution in [0, 0.1) is 5.92 Å². The van der Waals surface area contributed by atoms with E-state index >= 15 is 0 Å². The quantitative estimate of drug-likeness (QED) is 0.706. The Morgan fingerprint density at radius 1 is 1.33 bits per heavy atom. The maximum atomic E-state index is 11.9. The minimum absolute atomic E-state index is 0.0982. The first-order chi connectivity index (χ1) is 11.5. The zero-order valence-corrected chi connectivity index (χ0v) is 15.3. The van der Waals surface area contributed by atoms with E-state index in [1.807, 2.05) is 30.5 Å². The number of thiazole rings is 1. The summed E-state index contributed by atoms with van der Waals surface area (Å²) in [6.07, 6.45) is 3.23. The van der Waals surface area contributed by atoms with Gasteiger partial charge in [0.05, 0.1) is 5.69 Å². The lowest BCUT2D eigenvalue weighted by Gasteiger charge is -2.07. The van der Waals surface area contributed by atoms with E-state index in [0.29, 0.717) is 23.8 Å². The fourth-order valence-electron chi connectivity index (χ4n) is 2.42. The van der Waals surface area contributed by atoms with Crippen molar-refractivity contribution in [1.82, 2.24) is 14.7 Å². The van der Waals surface area contributed by atoms with Crippen molar-refractivity contribution in [3.05, 3.63) is 46.6 Å². The van der Waals surface area contributed by atoms with Crippen molar-refractivity contribution in [2.45, 2.75) is 26.7 Å². The molecule has 1 amide bonds. The molecule has 0 unspecified atom stereocenters. The number of carbonyl (C=O) groups is 1. The van der Waals surface area contributed by atoms with E-state index < -0.39 is 0 Å². The van der Waals surface area contributed by atoms with Gasteiger partial charge in [0.15, 0.2) is 4.96 Å². The fourth-order valence-corrected chi connectivity index (χ4v) is 3.45. The number of benzene rings is 1. The highest BCUT2D eigenvalue weighted by Crippen LogP contribution is 2.25. The molecule has 24 heavy (non-hydrogen) atoms. The summed E-state index contributed by atoms with van der Waals surface area (Å²) in [6, 6.07) is 7.66. The van der Waals surface area contributed by atoms with Gasteiger partial charge in [-0.1, -0.05) is 37.6 Å². The van der Waals surface area contributed by atoms with Crippen LogP contribution in [0.15, 0.2) is 35.8 Å². The van der Waals surface area contributed by atoms with Crippen LogP contribution in [0.5, 0.6) is 0 Å². The summed E-state index contributed by atoms with van der Waals surface area (Å²) in [4.78, 5) is 17.5. The van der Waals surface area contributed by atoms with Gasteiger partial charge in [-0.25, -0.2) is 4.98 Å². The summed E-state index contributed by atoms with van der Waals surface area (Å²) in [7, 11) is 0. The number of nitrogens with one attached hydrogen (secondary N) is 1. The highest BCUT2D eigenvalue weighted by molar-refractivity contribution is 7.15. The molecule has 0 aliphatic heterocycles. The number of aromatic nitrogens is 2. The van der Waals surface area contributed by atoms with Crippen molar-refractivity contribution in [3.63, 3.8) is 0 Å². The van der Waals surface area contributed by atoms with Gasteiger partial charge in [0.2, 0.25) is 5.91 Å². The number of amides is 1. The minimum atomic E-state index is 0.0982. The van der Waals surface area contributed by atoms with E-state index in [4.69, 9.17) is 11.6 Å². The second-order valence-electron chi connectivity index (χ2n) is 6.21. The smallest absolute Gasteiger partial charge is 0.220 e. The van der Waals surface area contributed by atoms with Crippen LogP contribution in [0.3, 0.4) is 0 Å². The van der Waals surface area contributed by atoms with Gasteiger partial charge in [-0.15, -0.1) is 11.3 Å². The summed E-state index contributed by atoms with van der Waals surface area (Å²) >= 11 is 7.53. The molecule has 0 fully saturated rings. The molecule has 0 bridgehead atoms. The van der Waals surface area contributed by atoms with Crippen molar-refractivity contribution in [3.8, 4) is 11.3 Å². The van der Waals surface area contributed by atoms with Gasteiger partial charge in [0.1, 0.15) is 0 Å². The second kappa shape index (κ2) is 7.36. The average molecular weight is 362 g/mol. The van der Waals surface area contributed by atoms with Crippen LogP contribution in [0.2, 0.25) is 5.02 Å². The molecule has 1 N–H and O–H groups in total. The lowest BCUT2D eigenvalue weighted by atomic mass is 10.2. The maximum absolute atomic E-state index is 11.9. The molecule has 3 rings (SSSR count). The molecule has 0 radical (unpaired) electrons.